The van der Waals surface area contributed by atoms with Crippen LogP contribution in [0.1, 0.15) is 44.1 Å². The molecule has 7 heteroatoms. The molecule has 0 bridgehead atoms. The van der Waals surface area contributed by atoms with Crippen molar-refractivity contribution < 1.29 is 5.11 Å². The van der Waals surface area contributed by atoms with Gasteiger partial charge in [0.25, 0.3) is 0 Å². The first-order valence-electron chi connectivity index (χ1n) is 10.9. The predicted molar refractivity (Wildman–Crippen MR) is 116 cm³/mol. The number of rotatable bonds is 6. The van der Waals surface area contributed by atoms with E-state index in [9.17, 15) is 5.11 Å². The van der Waals surface area contributed by atoms with Crippen LogP contribution in [0.3, 0.4) is 0 Å². The Balaban J connectivity index is 1.34. The average molecular weight is 397 g/mol. The summed E-state index contributed by atoms with van der Waals surface area (Å²) in [5, 5.41) is 12.9. The zero-order valence-electron chi connectivity index (χ0n) is 17.1. The zero-order chi connectivity index (χ0) is 19.9. The molecular weight excluding hydrogens is 364 g/mol. The number of aliphatic hydroxyl groups is 1. The van der Waals surface area contributed by atoms with E-state index >= 15 is 0 Å². The lowest BCUT2D eigenvalue weighted by Gasteiger charge is -2.32. The third-order valence-electron chi connectivity index (χ3n) is 5.97. The molecule has 2 aliphatic rings. The molecule has 0 saturated carbocycles. The molecule has 2 saturated heterocycles. The first kappa shape index (κ1) is 19.9. The quantitative estimate of drug-likeness (QED) is 0.777. The van der Waals surface area contributed by atoms with Crippen LogP contribution in [0.4, 0.5) is 17.5 Å². The largest absolute Gasteiger partial charge is 0.396 e. The summed E-state index contributed by atoms with van der Waals surface area (Å²) in [5.74, 6) is 3.17. The highest BCUT2D eigenvalue weighted by Crippen LogP contribution is 2.23. The zero-order valence-corrected chi connectivity index (χ0v) is 17.1. The van der Waals surface area contributed by atoms with Crippen molar-refractivity contribution in [2.75, 3.05) is 47.9 Å². The Morgan fingerprint density at radius 3 is 2.52 bits per heavy atom. The van der Waals surface area contributed by atoms with Gasteiger partial charge in [-0.2, -0.15) is 0 Å². The molecule has 0 spiro atoms. The van der Waals surface area contributed by atoms with Crippen LogP contribution in [0, 0.1) is 5.92 Å². The summed E-state index contributed by atoms with van der Waals surface area (Å²) in [6.07, 6.45) is 10.9. The Morgan fingerprint density at radius 2 is 1.76 bits per heavy atom. The second kappa shape index (κ2) is 9.87. The third-order valence-corrected chi connectivity index (χ3v) is 5.97. The molecule has 0 radical (unpaired) electrons. The Kier molecular flexibility index (Phi) is 6.77. The Labute approximate surface area is 173 Å². The van der Waals surface area contributed by atoms with Gasteiger partial charge in [0.1, 0.15) is 23.8 Å². The summed E-state index contributed by atoms with van der Waals surface area (Å²) in [6.45, 7) is 4.99. The van der Waals surface area contributed by atoms with Crippen LogP contribution < -0.4 is 15.1 Å². The lowest BCUT2D eigenvalue weighted by Crippen LogP contribution is -2.37. The van der Waals surface area contributed by atoms with E-state index in [1.165, 1.54) is 25.7 Å². The molecule has 4 heterocycles. The van der Waals surface area contributed by atoms with E-state index in [0.29, 0.717) is 12.5 Å². The molecule has 0 amide bonds. The monoisotopic (exact) mass is 396 g/mol. The van der Waals surface area contributed by atoms with Crippen molar-refractivity contribution in [1.29, 1.82) is 0 Å². The minimum Gasteiger partial charge on any atom is -0.396 e. The predicted octanol–water partition coefficient (Wildman–Crippen LogP) is 3.07. The number of piperidine rings is 1. The second-order valence-corrected chi connectivity index (χ2v) is 8.18. The van der Waals surface area contributed by atoms with Gasteiger partial charge in [-0.3, -0.25) is 0 Å². The van der Waals surface area contributed by atoms with E-state index in [0.717, 1.165) is 62.0 Å². The van der Waals surface area contributed by atoms with Crippen LogP contribution in [0.5, 0.6) is 0 Å². The van der Waals surface area contributed by atoms with E-state index in [-0.39, 0.29) is 6.61 Å². The molecule has 4 rings (SSSR count). The standard InChI is InChI=1S/C22H32N6O/c29-16-19-6-5-11-28(15-19)22-12-20(25-17-26-22)23-13-18-7-8-21(24-14-18)27-9-3-1-2-4-10-27/h7-8,12,14,17,19,29H,1-6,9-11,13,15-16H2,(H,23,25,26). The summed E-state index contributed by atoms with van der Waals surface area (Å²) in [6, 6.07) is 6.29. The van der Waals surface area contributed by atoms with Crippen molar-refractivity contribution >= 4 is 17.5 Å². The number of nitrogens with one attached hydrogen (secondary N) is 1. The highest BCUT2D eigenvalue weighted by atomic mass is 16.3. The highest BCUT2D eigenvalue weighted by molar-refractivity contribution is 5.49. The highest BCUT2D eigenvalue weighted by Gasteiger charge is 2.20. The summed E-state index contributed by atoms with van der Waals surface area (Å²) in [4.78, 5) is 18.1. The molecule has 156 valence electrons. The maximum Gasteiger partial charge on any atom is 0.134 e. The lowest BCUT2D eigenvalue weighted by molar-refractivity contribution is 0.208. The normalized spacial score (nSPS) is 20.4. The van der Waals surface area contributed by atoms with Crippen LogP contribution in [0.15, 0.2) is 30.7 Å². The van der Waals surface area contributed by atoms with Crippen LogP contribution in [-0.4, -0.2) is 52.8 Å². The number of hydrogen-bond donors (Lipinski definition) is 2. The maximum atomic E-state index is 9.46. The van der Waals surface area contributed by atoms with E-state index < -0.39 is 0 Å². The van der Waals surface area contributed by atoms with E-state index in [4.69, 9.17) is 0 Å². The van der Waals surface area contributed by atoms with Crippen LogP contribution in [0.25, 0.3) is 0 Å². The lowest BCUT2D eigenvalue weighted by atomic mass is 9.99. The van der Waals surface area contributed by atoms with E-state index in [1.807, 2.05) is 12.3 Å². The average Bonchev–Trinajstić information content (AvgIpc) is 3.08. The number of hydrogen-bond acceptors (Lipinski definition) is 7. The van der Waals surface area contributed by atoms with E-state index in [2.05, 4.69) is 42.2 Å². The van der Waals surface area contributed by atoms with Crippen LogP contribution in [0.2, 0.25) is 0 Å². The molecule has 2 N–H and O–H groups in total. The fourth-order valence-electron chi connectivity index (χ4n) is 4.24. The molecular formula is C22H32N6O. The molecule has 29 heavy (non-hydrogen) atoms. The van der Waals surface area contributed by atoms with Gasteiger partial charge < -0.3 is 20.2 Å². The Hall–Kier alpha value is -2.41. The van der Waals surface area contributed by atoms with Crippen molar-refractivity contribution in [3.05, 3.63) is 36.3 Å². The number of nitrogens with zero attached hydrogens (tertiary/aromatic N) is 5. The fraction of sp³-hybridized carbons (Fsp3) is 0.591. The van der Waals surface area contributed by atoms with Crippen LogP contribution >= 0.6 is 0 Å². The minimum atomic E-state index is 0.243. The minimum absolute atomic E-state index is 0.243. The number of aromatic nitrogens is 3. The summed E-state index contributed by atoms with van der Waals surface area (Å²) in [7, 11) is 0. The number of aliphatic hydroxyl groups excluding tert-OH is 1. The van der Waals surface area contributed by atoms with Crippen molar-refractivity contribution in [1.82, 2.24) is 15.0 Å². The van der Waals surface area contributed by atoms with Crippen molar-refractivity contribution in [3.63, 3.8) is 0 Å². The number of pyridine rings is 1. The molecule has 1 unspecified atom stereocenters. The van der Waals surface area contributed by atoms with Gasteiger partial charge in [0.05, 0.1) is 0 Å². The second-order valence-electron chi connectivity index (χ2n) is 8.18. The molecule has 7 nitrogen and oxygen atoms in total. The van der Waals surface area contributed by atoms with Gasteiger partial charge in [-0.05, 0) is 43.2 Å². The van der Waals surface area contributed by atoms with Gasteiger partial charge in [0.2, 0.25) is 0 Å². The van der Waals surface area contributed by atoms with Gasteiger partial charge in [-0.1, -0.05) is 18.9 Å². The SMILES string of the molecule is OCC1CCCN(c2cc(NCc3ccc(N4CCCCCC4)nc3)ncn2)C1. The smallest absolute Gasteiger partial charge is 0.134 e. The maximum absolute atomic E-state index is 9.46. The third kappa shape index (κ3) is 5.35. The molecule has 0 aliphatic carbocycles. The van der Waals surface area contributed by atoms with Crippen LogP contribution in [-0.2, 0) is 6.54 Å². The van der Waals surface area contributed by atoms with Crippen molar-refractivity contribution in [2.45, 2.75) is 45.1 Å². The molecule has 2 aromatic heterocycles. The molecule has 1 atom stereocenters. The summed E-state index contributed by atoms with van der Waals surface area (Å²) >= 11 is 0. The summed E-state index contributed by atoms with van der Waals surface area (Å²) in [5.41, 5.74) is 1.14. The topological polar surface area (TPSA) is 77.4 Å². The Bertz CT molecular complexity index is 760. The number of anilines is 3. The van der Waals surface area contributed by atoms with Crippen molar-refractivity contribution in [2.24, 2.45) is 5.92 Å². The van der Waals surface area contributed by atoms with Gasteiger partial charge in [0.15, 0.2) is 0 Å². The van der Waals surface area contributed by atoms with Crippen molar-refractivity contribution in [3.8, 4) is 0 Å². The van der Waals surface area contributed by atoms with Gasteiger partial charge >= 0.3 is 0 Å². The van der Waals surface area contributed by atoms with Gasteiger partial charge in [-0.15, -0.1) is 0 Å². The fourth-order valence-corrected chi connectivity index (χ4v) is 4.24. The van der Waals surface area contributed by atoms with Gasteiger partial charge in [-0.25, -0.2) is 15.0 Å². The summed E-state index contributed by atoms with van der Waals surface area (Å²) < 4.78 is 0. The molecule has 2 aliphatic heterocycles. The molecule has 0 aromatic carbocycles. The first-order valence-corrected chi connectivity index (χ1v) is 10.9. The van der Waals surface area contributed by atoms with E-state index in [1.54, 1.807) is 6.33 Å². The molecule has 2 aromatic rings. The van der Waals surface area contributed by atoms with Gasteiger partial charge in [0, 0.05) is 51.6 Å². The molecule has 2 fully saturated rings. The first-order chi connectivity index (χ1) is 14.3. The Morgan fingerprint density at radius 1 is 0.931 bits per heavy atom.